The van der Waals surface area contributed by atoms with E-state index in [0.717, 1.165) is 18.6 Å². The first kappa shape index (κ1) is 13.0. The second kappa shape index (κ2) is 4.93. The predicted molar refractivity (Wildman–Crippen MR) is 90.5 cm³/mol. The zero-order valence-corrected chi connectivity index (χ0v) is 13.0. The van der Waals surface area contributed by atoms with Crippen LogP contribution < -0.4 is 5.73 Å². The zero-order chi connectivity index (χ0) is 14.4. The number of hydrogen-bond donors (Lipinski definition) is 1. The van der Waals surface area contributed by atoms with Crippen LogP contribution in [-0.4, -0.2) is 15.8 Å². The van der Waals surface area contributed by atoms with Gasteiger partial charge in [0.2, 0.25) is 0 Å². The summed E-state index contributed by atoms with van der Waals surface area (Å²) in [5.41, 5.74) is 9.70. The summed E-state index contributed by atoms with van der Waals surface area (Å²) in [7, 11) is 0. The third-order valence-corrected chi connectivity index (χ3v) is 5.42. The summed E-state index contributed by atoms with van der Waals surface area (Å²) < 4.78 is 0. The lowest BCUT2D eigenvalue weighted by atomic mass is 9.79. The van der Waals surface area contributed by atoms with Gasteiger partial charge in [0, 0.05) is 16.4 Å². The van der Waals surface area contributed by atoms with Crippen molar-refractivity contribution in [2.75, 3.05) is 0 Å². The highest BCUT2D eigenvalue weighted by atomic mass is 32.1. The van der Waals surface area contributed by atoms with Gasteiger partial charge in [0.05, 0.1) is 11.8 Å². The Balaban J connectivity index is 1.83. The van der Waals surface area contributed by atoms with Crippen molar-refractivity contribution in [1.29, 1.82) is 0 Å². The smallest absolute Gasteiger partial charge is 0.187 e. The Labute approximate surface area is 133 Å². The van der Waals surface area contributed by atoms with Gasteiger partial charge in [-0.3, -0.25) is 0 Å². The Bertz CT molecular complexity index is 721. The fourth-order valence-electron chi connectivity index (χ4n) is 3.38. The van der Waals surface area contributed by atoms with Gasteiger partial charge < -0.3 is 5.73 Å². The largest absolute Gasteiger partial charge is 0.375 e. The normalized spacial score (nSPS) is 23.4. The van der Waals surface area contributed by atoms with Crippen LogP contribution in [-0.2, 0) is 6.42 Å². The third kappa shape index (κ3) is 2.00. The summed E-state index contributed by atoms with van der Waals surface area (Å²) in [5, 5.41) is 9.07. The number of nitrogens with zero attached hydrogens (tertiary/aromatic N) is 2. The SMILES string of the molecule is NC(=S)N1N=C2c3ccccc3CC[C@H]2[C@@H]1c1cccs1. The highest BCUT2D eigenvalue weighted by molar-refractivity contribution is 7.80. The highest BCUT2D eigenvalue weighted by Crippen LogP contribution is 2.44. The first-order chi connectivity index (χ1) is 10.3. The molecule has 4 rings (SSSR count). The van der Waals surface area contributed by atoms with Gasteiger partial charge in [0.25, 0.3) is 0 Å². The van der Waals surface area contributed by atoms with Crippen molar-refractivity contribution in [3.05, 3.63) is 57.8 Å². The maximum absolute atomic E-state index is 5.92. The molecule has 106 valence electrons. The van der Waals surface area contributed by atoms with E-state index in [0.29, 0.717) is 11.0 Å². The van der Waals surface area contributed by atoms with E-state index in [2.05, 4.69) is 41.8 Å². The Morgan fingerprint density at radius 2 is 2.14 bits per heavy atom. The van der Waals surface area contributed by atoms with Crippen molar-refractivity contribution in [1.82, 2.24) is 5.01 Å². The number of aryl methyl sites for hydroxylation is 1. The minimum absolute atomic E-state index is 0.158. The van der Waals surface area contributed by atoms with Crippen LogP contribution in [0.3, 0.4) is 0 Å². The fourth-order valence-corrected chi connectivity index (χ4v) is 4.41. The van der Waals surface area contributed by atoms with E-state index in [4.69, 9.17) is 23.1 Å². The molecule has 2 aliphatic rings. The van der Waals surface area contributed by atoms with Gasteiger partial charge in [0.1, 0.15) is 0 Å². The van der Waals surface area contributed by atoms with E-state index in [1.165, 1.54) is 16.0 Å². The number of thiophene rings is 1. The number of hydrogen-bond acceptors (Lipinski definition) is 3. The van der Waals surface area contributed by atoms with Gasteiger partial charge in [-0.2, -0.15) is 5.10 Å². The van der Waals surface area contributed by atoms with E-state index in [1.807, 2.05) is 5.01 Å². The average Bonchev–Trinajstić information content (AvgIpc) is 3.13. The first-order valence-corrected chi connectivity index (χ1v) is 8.33. The van der Waals surface area contributed by atoms with Crippen LogP contribution in [0.2, 0.25) is 0 Å². The summed E-state index contributed by atoms with van der Waals surface area (Å²) in [6.07, 6.45) is 2.18. The lowest BCUT2D eigenvalue weighted by Gasteiger charge is -2.28. The van der Waals surface area contributed by atoms with Gasteiger partial charge in [0.15, 0.2) is 5.11 Å². The standard InChI is InChI=1S/C16H15N3S2/c17-16(20)19-15(13-6-3-9-21-13)12-8-7-10-4-1-2-5-11(10)14(12)18-19/h1-6,9,12,15H,7-8H2,(H2,17,20)/t12-,15-/m1/s1. The molecule has 0 radical (unpaired) electrons. The van der Waals surface area contributed by atoms with Gasteiger partial charge in [-0.05, 0) is 42.1 Å². The Morgan fingerprint density at radius 1 is 1.29 bits per heavy atom. The van der Waals surface area contributed by atoms with Crippen molar-refractivity contribution in [3.63, 3.8) is 0 Å². The molecule has 0 saturated carbocycles. The van der Waals surface area contributed by atoms with Crippen molar-refractivity contribution in [3.8, 4) is 0 Å². The monoisotopic (exact) mass is 313 g/mol. The molecule has 1 aliphatic carbocycles. The van der Waals surface area contributed by atoms with Crippen molar-refractivity contribution >= 4 is 34.4 Å². The van der Waals surface area contributed by atoms with Crippen molar-refractivity contribution in [2.45, 2.75) is 18.9 Å². The molecule has 2 N–H and O–H groups in total. The van der Waals surface area contributed by atoms with Gasteiger partial charge >= 0.3 is 0 Å². The fraction of sp³-hybridized carbons (Fsp3) is 0.250. The summed E-state index contributed by atoms with van der Waals surface area (Å²) in [4.78, 5) is 1.28. The third-order valence-electron chi connectivity index (χ3n) is 4.29. The minimum atomic E-state index is 0.158. The number of benzene rings is 1. The van der Waals surface area contributed by atoms with Crippen molar-refractivity contribution in [2.24, 2.45) is 16.8 Å². The molecule has 2 aromatic rings. The maximum atomic E-state index is 5.92. The van der Waals surface area contributed by atoms with Crippen LogP contribution in [0.4, 0.5) is 0 Å². The zero-order valence-electron chi connectivity index (χ0n) is 11.4. The molecule has 5 heteroatoms. The van der Waals surface area contributed by atoms with Crippen LogP contribution >= 0.6 is 23.6 Å². The first-order valence-electron chi connectivity index (χ1n) is 7.04. The molecule has 0 saturated heterocycles. The lowest BCUT2D eigenvalue weighted by Crippen LogP contribution is -2.34. The van der Waals surface area contributed by atoms with E-state index >= 15 is 0 Å². The molecule has 2 heterocycles. The molecule has 0 unspecified atom stereocenters. The number of rotatable bonds is 1. The highest BCUT2D eigenvalue weighted by Gasteiger charge is 2.42. The molecule has 0 bridgehead atoms. The van der Waals surface area contributed by atoms with E-state index in [-0.39, 0.29) is 6.04 Å². The van der Waals surface area contributed by atoms with E-state index < -0.39 is 0 Å². The van der Waals surface area contributed by atoms with E-state index in [9.17, 15) is 0 Å². The number of fused-ring (bicyclic) bond motifs is 3. The quantitative estimate of drug-likeness (QED) is 0.821. The predicted octanol–water partition coefficient (Wildman–Crippen LogP) is 3.32. The maximum Gasteiger partial charge on any atom is 0.187 e. The number of nitrogens with two attached hydrogens (primary N) is 1. The van der Waals surface area contributed by atoms with Crippen LogP contribution in [0.1, 0.15) is 28.5 Å². The molecule has 0 fully saturated rings. The van der Waals surface area contributed by atoms with Crippen LogP contribution in [0.25, 0.3) is 0 Å². The molecule has 2 atom stereocenters. The lowest BCUT2D eigenvalue weighted by molar-refractivity contribution is 0.314. The summed E-state index contributed by atoms with van der Waals surface area (Å²) >= 11 is 6.98. The number of thiocarbonyl (C=S) groups is 1. The summed E-state index contributed by atoms with van der Waals surface area (Å²) in [6.45, 7) is 0. The van der Waals surface area contributed by atoms with Crippen LogP contribution in [0, 0.1) is 5.92 Å². The Morgan fingerprint density at radius 3 is 2.90 bits per heavy atom. The molecule has 3 nitrogen and oxygen atoms in total. The molecule has 1 aliphatic heterocycles. The molecule has 0 spiro atoms. The molecule has 1 aromatic heterocycles. The Kier molecular flexibility index (Phi) is 3.05. The molecule has 0 amide bonds. The summed E-state index contributed by atoms with van der Waals surface area (Å²) in [6, 6.07) is 12.9. The van der Waals surface area contributed by atoms with Gasteiger partial charge in [-0.1, -0.05) is 30.3 Å². The van der Waals surface area contributed by atoms with Crippen LogP contribution in [0.15, 0.2) is 46.9 Å². The molecular weight excluding hydrogens is 298 g/mol. The minimum Gasteiger partial charge on any atom is -0.375 e. The van der Waals surface area contributed by atoms with Crippen molar-refractivity contribution < 1.29 is 0 Å². The average molecular weight is 313 g/mol. The van der Waals surface area contributed by atoms with E-state index in [1.54, 1.807) is 11.3 Å². The second-order valence-electron chi connectivity index (χ2n) is 5.43. The second-order valence-corrected chi connectivity index (χ2v) is 6.83. The molecule has 21 heavy (non-hydrogen) atoms. The van der Waals surface area contributed by atoms with Crippen LogP contribution in [0.5, 0.6) is 0 Å². The number of hydrazone groups is 1. The van der Waals surface area contributed by atoms with Gasteiger partial charge in [-0.15, -0.1) is 11.3 Å². The van der Waals surface area contributed by atoms with Gasteiger partial charge in [-0.25, -0.2) is 5.01 Å². The molecular formula is C16H15N3S2. The molecule has 1 aromatic carbocycles. The Hall–Kier alpha value is -1.72. The summed E-state index contributed by atoms with van der Waals surface area (Å²) in [5.74, 6) is 0.375. The topological polar surface area (TPSA) is 41.6 Å².